The van der Waals surface area contributed by atoms with Gasteiger partial charge in [0.1, 0.15) is 9.79 Å². The van der Waals surface area contributed by atoms with Gasteiger partial charge in [0, 0.05) is 46.0 Å². The number of hydrogen-bond acceptors (Lipinski definition) is 13. The molecule has 0 radical (unpaired) electrons. The van der Waals surface area contributed by atoms with E-state index in [4.69, 9.17) is 5.84 Å². The van der Waals surface area contributed by atoms with Crippen molar-refractivity contribution in [3.05, 3.63) is 101 Å². The second-order valence-corrected chi connectivity index (χ2v) is 23.7. The largest absolute Gasteiger partial charge is 0.344 e. The summed E-state index contributed by atoms with van der Waals surface area (Å²) in [6.07, 6.45) is 6.25. The molecule has 1 heterocycles. The van der Waals surface area contributed by atoms with Crippen LogP contribution in [-0.2, 0) is 66.2 Å². The van der Waals surface area contributed by atoms with Crippen LogP contribution in [0.2, 0.25) is 0 Å². The summed E-state index contributed by atoms with van der Waals surface area (Å²) in [4.78, 5) is 10.4. The number of hydrazine groups is 1. The second-order valence-electron chi connectivity index (χ2n) is 16.5. The molecule has 0 spiro atoms. The van der Waals surface area contributed by atoms with E-state index in [2.05, 4.69) is 12.0 Å². The van der Waals surface area contributed by atoms with Crippen LogP contribution in [0.4, 0.5) is 5.69 Å². The zero-order valence-corrected chi connectivity index (χ0v) is 39.6. The van der Waals surface area contributed by atoms with E-state index >= 15 is 0 Å². The molecule has 0 saturated carbocycles. The van der Waals surface area contributed by atoms with Gasteiger partial charge in [0.2, 0.25) is 5.91 Å². The van der Waals surface area contributed by atoms with Gasteiger partial charge in [-0.05, 0) is 102 Å². The van der Waals surface area contributed by atoms with E-state index < -0.39 is 86.8 Å². The van der Waals surface area contributed by atoms with Crippen LogP contribution < -0.4 is 16.2 Å². The molecule has 0 bridgehead atoms. The number of aryl methyl sites for hydroxylation is 1. The smallest absolute Gasteiger partial charge is 0.295 e. The number of rotatable bonds is 18. The van der Waals surface area contributed by atoms with Gasteiger partial charge in [0.25, 0.3) is 50.6 Å². The Kier molecular flexibility index (Phi) is 14.4. The predicted molar refractivity (Wildman–Crippen MR) is 242 cm³/mol. The molecule has 65 heavy (non-hydrogen) atoms. The van der Waals surface area contributed by atoms with Crippen molar-refractivity contribution in [3.8, 4) is 0 Å². The minimum atomic E-state index is -5.10. The maximum atomic E-state index is 12.6. The van der Waals surface area contributed by atoms with E-state index in [0.29, 0.717) is 60.5 Å². The minimum Gasteiger partial charge on any atom is -0.344 e. The number of anilines is 1. The Hall–Kier alpha value is -4.60. The number of benzene rings is 4. The summed E-state index contributed by atoms with van der Waals surface area (Å²) in [5.41, 5.74) is 2.05. The van der Waals surface area contributed by atoms with Gasteiger partial charge < -0.3 is 4.90 Å². The van der Waals surface area contributed by atoms with Gasteiger partial charge >= 0.3 is 0 Å². The first-order chi connectivity index (χ1) is 29.7. The molecule has 0 aliphatic carbocycles. The number of nitrogens with zero attached hydrogens (tertiary/aromatic N) is 1. The fourth-order valence-electron chi connectivity index (χ4n) is 8.62. The Bertz CT molecular complexity index is 3270. The van der Waals surface area contributed by atoms with E-state index in [1.165, 1.54) is 18.2 Å². The number of amides is 1. The van der Waals surface area contributed by atoms with Gasteiger partial charge in [-0.25, -0.2) is 5.84 Å². The van der Waals surface area contributed by atoms with Crippen LogP contribution in [0, 0.1) is 6.92 Å². The molecule has 19 nitrogen and oxygen atoms in total. The molecule has 1 amide bonds. The van der Waals surface area contributed by atoms with Crippen LogP contribution in [0.1, 0.15) is 76.0 Å². The fraction of sp³-hybridized carbons (Fsp3) is 0.341. The third-order valence-corrected chi connectivity index (χ3v) is 15.9. The molecular weight excluding hydrogens is 951 g/mol. The molecule has 1 atom stereocenters. The standard InChI is InChI=1S/C41H49N3O16S5/c1-25-14-15-29-31(21-27(62(49,50)51)23-34(29)64(55,56)57)38(25)41(5,18-10-20-61(46,47)48)26(2)11-9-12-36-40(3,4)39-32-22-28(63(52,53)54)24-35(65(58,59)60)30(32)16-17-33(39)44(36)19-8-6-7-13-37(45)43-42/h9,11-12,14-17,21-24H,2,6-8,10,13,18-20,42H2,1,3-5H3,(H,43,45)(H,46,47,48)(H,49,50,51)(H,52,53,54)(H,55,56,57)(H,58,59,60)/b11-9+,36-12+. The third kappa shape index (κ3) is 11.0. The average Bonchev–Trinajstić information content (AvgIpc) is 3.39. The molecule has 4 aromatic carbocycles. The highest BCUT2D eigenvalue weighted by Gasteiger charge is 2.42. The minimum absolute atomic E-state index is 0.0370. The summed E-state index contributed by atoms with van der Waals surface area (Å²) in [6, 6.07) is 9.21. The van der Waals surface area contributed by atoms with Gasteiger partial charge in [0.05, 0.1) is 15.5 Å². The quantitative estimate of drug-likeness (QED) is 0.0160. The Balaban J connectivity index is 1.73. The number of allylic oxidation sites excluding steroid dienone is 5. The highest BCUT2D eigenvalue weighted by atomic mass is 32.2. The highest BCUT2D eigenvalue weighted by molar-refractivity contribution is 7.87. The highest BCUT2D eigenvalue weighted by Crippen LogP contribution is 2.52. The van der Waals surface area contributed by atoms with Crippen LogP contribution in [0.15, 0.2) is 104 Å². The van der Waals surface area contributed by atoms with Crippen LogP contribution >= 0.6 is 0 Å². The number of hydrogen-bond donors (Lipinski definition) is 7. The number of fused-ring (bicyclic) bond motifs is 4. The molecular formula is C41H49N3O16S5. The summed E-state index contributed by atoms with van der Waals surface area (Å²) in [6.45, 7) is 11.4. The lowest BCUT2D eigenvalue weighted by atomic mass is 9.70. The summed E-state index contributed by atoms with van der Waals surface area (Å²) >= 11 is 0. The molecule has 8 N–H and O–H groups in total. The summed E-state index contributed by atoms with van der Waals surface area (Å²) in [5.74, 6) is 4.16. The lowest BCUT2D eigenvalue weighted by Crippen LogP contribution is -2.29. The number of carbonyl (C=O) groups excluding carboxylic acids is 1. The number of carbonyl (C=O) groups is 1. The maximum Gasteiger partial charge on any atom is 0.295 e. The monoisotopic (exact) mass is 999 g/mol. The zero-order chi connectivity index (χ0) is 48.9. The SMILES string of the molecule is C=C(/C=C/C=C1/N(CCCCCC(=O)NN)c2ccc3c(S(=O)(=O)O)cc(S(=O)(=O)O)cc3c2C1(C)C)C(C)(CCCS(=O)(=O)O)c1c(C)ccc2c(S(=O)(=O)O)cc(S(=O)(=O)O)cc12. The first-order valence-electron chi connectivity index (χ1n) is 19.6. The van der Waals surface area contributed by atoms with E-state index in [-0.39, 0.29) is 57.9 Å². The normalized spacial score (nSPS) is 16.3. The zero-order valence-electron chi connectivity index (χ0n) is 35.5. The molecule has 5 rings (SSSR count). The summed E-state index contributed by atoms with van der Waals surface area (Å²) in [5, 5.41) is -0.127. The first-order valence-corrected chi connectivity index (χ1v) is 27.0. The van der Waals surface area contributed by atoms with Crippen molar-refractivity contribution in [2.24, 2.45) is 5.84 Å². The van der Waals surface area contributed by atoms with Crippen molar-refractivity contribution in [1.82, 2.24) is 5.43 Å². The molecule has 0 saturated heterocycles. The molecule has 1 aliphatic rings. The molecule has 354 valence electrons. The van der Waals surface area contributed by atoms with Crippen molar-refractivity contribution in [3.63, 3.8) is 0 Å². The summed E-state index contributed by atoms with van der Waals surface area (Å²) < 4.78 is 174. The lowest BCUT2D eigenvalue weighted by molar-refractivity contribution is -0.121. The van der Waals surface area contributed by atoms with Crippen LogP contribution in [0.25, 0.3) is 21.5 Å². The van der Waals surface area contributed by atoms with Crippen molar-refractivity contribution in [2.75, 3.05) is 17.2 Å². The lowest BCUT2D eigenvalue weighted by Gasteiger charge is -2.34. The third-order valence-electron chi connectivity index (χ3n) is 11.7. The van der Waals surface area contributed by atoms with Crippen molar-refractivity contribution >= 4 is 83.7 Å². The van der Waals surface area contributed by atoms with E-state index in [1.54, 1.807) is 52.0 Å². The van der Waals surface area contributed by atoms with Crippen LogP contribution in [-0.4, -0.2) is 83.1 Å². The van der Waals surface area contributed by atoms with Gasteiger partial charge in [-0.3, -0.25) is 33.0 Å². The number of unbranched alkanes of at least 4 members (excludes halogenated alkanes) is 2. The molecule has 1 unspecified atom stereocenters. The topological polar surface area (TPSA) is 330 Å². The first kappa shape index (κ1) is 51.4. The Morgan fingerprint density at radius 3 is 1.82 bits per heavy atom. The van der Waals surface area contributed by atoms with Crippen LogP contribution in [0.5, 0.6) is 0 Å². The maximum absolute atomic E-state index is 12.6. The number of nitrogens with two attached hydrogens (primary N) is 1. The molecule has 0 fully saturated rings. The second kappa shape index (κ2) is 18.2. The predicted octanol–water partition coefficient (Wildman–Crippen LogP) is 5.56. The van der Waals surface area contributed by atoms with E-state index in [9.17, 15) is 69.6 Å². The van der Waals surface area contributed by atoms with Crippen LogP contribution in [0.3, 0.4) is 0 Å². The molecule has 1 aliphatic heterocycles. The molecule has 4 aromatic rings. The van der Waals surface area contributed by atoms with Gasteiger partial charge in [-0.15, -0.1) is 0 Å². The van der Waals surface area contributed by atoms with Crippen molar-refractivity contribution < 1.29 is 69.6 Å². The van der Waals surface area contributed by atoms with E-state index in [1.807, 2.05) is 4.90 Å². The average molecular weight is 1000 g/mol. The van der Waals surface area contributed by atoms with E-state index in [0.717, 1.165) is 12.1 Å². The van der Waals surface area contributed by atoms with Crippen molar-refractivity contribution in [2.45, 2.75) is 96.6 Å². The fourth-order valence-corrected chi connectivity index (χ4v) is 11.8. The van der Waals surface area contributed by atoms with Gasteiger partial charge in [0.15, 0.2) is 0 Å². The van der Waals surface area contributed by atoms with Gasteiger partial charge in [-0.2, -0.15) is 42.1 Å². The van der Waals surface area contributed by atoms with Gasteiger partial charge in [-0.1, -0.05) is 64.1 Å². The summed E-state index contributed by atoms with van der Waals surface area (Å²) in [7, 11) is -24.7. The molecule has 0 aromatic heterocycles. The Labute approximate surface area is 377 Å². The number of nitrogens with one attached hydrogen (secondary N) is 1. The Morgan fingerprint density at radius 1 is 0.754 bits per heavy atom. The Morgan fingerprint density at radius 2 is 1.29 bits per heavy atom. The molecule has 24 heteroatoms. The van der Waals surface area contributed by atoms with Crippen molar-refractivity contribution in [1.29, 1.82) is 0 Å².